The normalized spacial score (nSPS) is 13.4. The van der Waals surface area contributed by atoms with E-state index >= 15 is 0 Å². The Bertz CT molecular complexity index is 346. The van der Waals surface area contributed by atoms with Crippen LogP contribution >= 0.6 is 27.5 Å². The van der Waals surface area contributed by atoms with Crippen LogP contribution in [0.4, 0.5) is 13.2 Å². The lowest BCUT2D eigenvalue weighted by Crippen LogP contribution is -2.20. The molecule has 0 aliphatic heterocycles. The van der Waals surface area contributed by atoms with Crippen molar-refractivity contribution in [1.29, 1.82) is 0 Å². The number of hydrogen-bond donors (Lipinski definition) is 1. The van der Waals surface area contributed by atoms with Gasteiger partial charge in [-0.1, -0.05) is 17.7 Å². The second kappa shape index (κ2) is 4.51. The van der Waals surface area contributed by atoms with Gasteiger partial charge in [-0.2, -0.15) is 0 Å². The van der Waals surface area contributed by atoms with Crippen LogP contribution in [0.1, 0.15) is 11.6 Å². The molecule has 0 aromatic heterocycles. The molecule has 1 unspecified atom stereocenters. The monoisotopic (exact) mass is 287 g/mol. The second-order valence-electron chi connectivity index (χ2n) is 2.62. The summed E-state index contributed by atoms with van der Waals surface area (Å²) in [5, 5.41) is -0.237. The van der Waals surface area contributed by atoms with Crippen molar-refractivity contribution in [3.63, 3.8) is 0 Å². The molecule has 1 atom stereocenters. The smallest absolute Gasteiger partial charge is 0.257 e. The molecule has 0 amide bonds. The predicted molar refractivity (Wildman–Crippen MR) is 52.0 cm³/mol. The van der Waals surface area contributed by atoms with Crippen LogP contribution in [-0.4, -0.2) is 6.43 Å². The van der Waals surface area contributed by atoms with Gasteiger partial charge in [-0.05, 0) is 22.0 Å². The fraction of sp³-hybridized carbons (Fsp3) is 0.250. The molecule has 1 nitrogen and oxygen atoms in total. The third kappa shape index (κ3) is 2.21. The standard InChI is InChI=1S/C8H6BrClF3N/c9-4-2-1-3(6(11)5(4)10)7(14)8(12)13/h1-2,7-8H,14H2. The Kier molecular flexibility index (Phi) is 3.80. The molecule has 0 heterocycles. The Balaban J connectivity index is 3.17. The zero-order valence-electron chi connectivity index (χ0n) is 6.78. The van der Waals surface area contributed by atoms with E-state index < -0.39 is 18.3 Å². The van der Waals surface area contributed by atoms with Crippen molar-refractivity contribution in [1.82, 2.24) is 0 Å². The summed E-state index contributed by atoms with van der Waals surface area (Å²) in [5.74, 6) is -0.908. The minimum atomic E-state index is -2.82. The summed E-state index contributed by atoms with van der Waals surface area (Å²) in [5.41, 5.74) is 4.81. The first-order valence-electron chi connectivity index (χ1n) is 3.62. The van der Waals surface area contributed by atoms with Gasteiger partial charge >= 0.3 is 0 Å². The number of alkyl halides is 2. The van der Waals surface area contributed by atoms with Crippen LogP contribution in [0.2, 0.25) is 5.02 Å². The molecule has 0 aliphatic carbocycles. The SMILES string of the molecule is NC(c1ccc(Br)c(Cl)c1F)C(F)F. The van der Waals surface area contributed by atoms with Crippen LogP contribution < -0.4 is 5.73 Å². The molecule has 0 bridgehead atoms. The number of hydrogen-bond acceptors (Lipinski definition) is 1. The number of halogens is 5. The zero-order valence-corrected chi connectivity index (χ0v) is 9.12. The van der Waals surface area contributed by atoms with E-state index in [1.165, 1.54) is 12.1 Å². The Morgan fingerprint density at radius 1 is 1.36 bits per heavy atom. The minimum Gasteiger partial charge on any atom is -0.319 e. The van der Waals surface area contributed by atoms with Gasteiger partial charge < -0.3 is 5.73 Å². The Hall–Kier alpha value is -0.260. The maximum atomic E-state index is 13.3. The van der Waals surface area contributed by atoms with E-state index in [1.54, 1.807) is 0 Å². The van der Waals surface area contributed by atoms with Crippen molar-refractivity contribution >= 4 is 27.5 Å². The number of benzene rings is 1. The molecule has 1 aromatic rings. The summed E-state index contributed by atoms with van der Waals surface area (Å²) in [6.07, 6.45) is -2.82. The highest BCUT2D eigenvalue weighted by atomic mass is 79.9. The first-order valence-corrected chi connectivity index (χ1v) is 4.79. The molecule has 0 saturated heterocycles. The quantitative estimate of drug-likeness (QED) is 0.828. The summed E-state index contributed by atoms with van der Waals surface area (Å²) in [6, 6.07) is 0.908. The summed E-state index contributed by atoms with van der Waals surface area (Å²) in [7, 11) is 0. The van der Waals surface area contributed by atoms with Gasteiger partial charge in [0, 0.05) is 10.0 Å². The van der Waals surface area contributed by atoms with E-state index in [2.05, 4.69) is 15.9 Å². The van der Waals surface area contributed by atoms with E-state index in [4.69, 9.17) is 17.3 Å². The van der Waals surface area contributed by atoms with Gasteiger partial charge in [0.15, 0.2) is 0 Å². The topological polar surface area (TPSA) is 26.0 Å². The van der Waals surface area contributed by atoms with Gasteiger partial charge in [0.2, 0.25) is 0 Å². The first-order chi connectivity index (χ1) is 6.45. The van der Waals surface area contributed by atoms with Crippen LogP contribution in [0.15, 0.2) is 16.6 Å². The van der Waals surface area contributed by atoms with E-state index in [9.17, 15) is 13.2 Å². The predicted octanol–water partition coefficient (Wildman–Crippen LogP) is 3.51. The van der Waals surface area contributed by atoms with Crippen molar-refractivity contribution in [2.75, 3.05) is 0 Å². The lowest BCUT2D eigenvalue weighted by molar-refractivity contribution is 0.115. The van der Waals surface area contributed by atoms with Crippen LogP contribution in [0, 0.1) is 5.82 Å². The average Bonchev–Trinajstić information content (AvgIpc) is 2.13. The molecule has 2 N–H and O–H groups in total. The molecule has 6 heteroatoms. The van der Waals surface area contributed by atoms with E-state index in [0.29, 0.717) is 4.47 Å². The van der Waals surface area contributed by atoms with Gasteiger partial charge in [-0.25, -0.2) is 13.2 Å². The average molecular weight is 288 g/mol. The van der Waals surface area contributed by atoms with Crippen molar-refractivity contribution in [3.8, 4) is 0 Å². The van der Waals surface area contributed by atoms with Crippen LogP contribution in [0.5, 0.6) is 0 Å². The van der Waals surface area contributed by atoms with Gasteiger partial charge in [-0.15, -0.1) is 0 Å². The zero-order chi connectivity index (χ0) is 10.9. The molecule has 78 valence electrons. The summed E-state index contributed by atoms with van der Waals surface area (Å²) >= 11 is 8.48. The van der Waals surface area contributed by atoms with E-state index in [-0.39, 0.29) is 10.6 Å². The van der Waals surface area contributed by atoms with Gasteiger partial charge in [0.05, 0.1) is 11.1 Å². The third-order valence-corrected chi connectivity index (χ3v) is 2.95. The number of nitrogens with two attached hydrogens (primary N) is 1. The molecule has 0 fully saturated rings. The third-order valence-electron chi connectivity index (χ3n) is 1.70. The highest BCUT2D eigenvalue weighted by Gasteiger charge is 2.22. The lowest BCUT2D eigenvalue weighted by Gasteiger charge is -2.12. The largest absolute Gasteiger partial charge is 0.319 e. The summed E-state index contributed by atoms with van der Waals surface area (Å²) in [6.45, 7) is 0. The van der Waals surface area contributed by atoms with Crippen LogP contribution in [-0.2, 0) is 0 Å². The lowest BCUT2D eigenvalue weighted by atomic mass is 10.1. The maximum absolute atomic E-state index is 13.3. The number of rotatable bonds is 2. The van der Waals surface area contributed by atoms with Crippen molar-refractivity contribution < 1.29 is 13.2 Å². The summed E-state index contributed by atoms with van der Waals surface area (Å²) < 4.78 is 38.0. The molecule has 0 aliphatic rings. The Morgan fingerprint density at radius 2 is 1.93 bits per heavy atom. The second-order valence-corrected chi connectivity index (χ2v) is 3.86. The molecule has 0 saturated carbocycles. The van der Waals surface area contributed by atoms with Crippen LogP contribution in [0.3, 0.4) is 0 Å². The van der Waals surface area contributed by atoms with Crippen molar-refractivity contribution in [3.05, 3.63) is 33.0 Å². The van der Waals surface area contributed by atoms with Gasteiger partial charge in [0.25, 0.3) is 6.43 Å². The molecule has 1 rings (SSSR count). The van der Waals surface area contributed by atoms with Crippen molar-refractivity contribution in [2.24, 2.45) is 5.73 Å². The molecular weight excluding hydrogens is 282 g/mol. The minimum absolute atomic E-state index is 0.237. The molecule has 1 aromatic carbocycles. The molecular formula is C8H6BrClF3N. The molecule has 0 spiro atoms. The highest BCUT2D eigenvalue weighted by molar-refractivity contribution is 9.10. The molecule has 14 heavy (non-hydrogen) atoms. The van der Waals surface area contributed by atoms with E-state index in [0.717, 1.165) is 0 Å². The molecule has 0 radical (unpaired) electrons. The summed E-state index contributed by atoms with van der Waals surface area (Å²) in [4.78, 5) is 0. The highest BCUT2D eigenvalue weighted by Crippen LogP contribution is 2.31. The fourth-order valence-electron chi connectivity index (χ4n) is 0.934. The Morgan fingerprint density at radius 3 is 2.43 bits per heavy atom. The maximum Gasteiger partial charge on any atom is 0.257 e. The van der Waals surface area contributed by atoms with Gasteiger partial charge in [0.1, 0.15) is 5.82 Å². The van der Waals surface area contributed by atoms with Gasteiger partial charge in [-0.3, -0.25) is 0 Å². The van der Waals surface area contributed by atoms with E-state index in [1.807, 2.05) is 0 Å². The van der Waals surface area contributed by atoms with Crippen molar-refractivity contribution in [2.45, 2.75) is 12.5 Å². The van der Waals surface area contributed by atoms with Crippen LogP contribution in [0.25, 0.3) is 0 Å². The first kappa shape index (κ1) is 11.8. The fourth-order valence-corrected chi connectivity index (χ4v) is 1.41. The Labute approximate surface area is 92.2 Å².